The van der Waals surface area contributed by atoms with Gasteiger partial charge in [0.15, 0.2) is 5.69 Å². The monoisotopic (exact) mass is 426 g/mol. The molecule has 0 radical (unpaired) electrons. The van der Waals surface area contributed by atoms with Crippen molar-refractivity contribution in [2.45, 2.75) is 6.92 Å². The van der Waals surface area contributed by atoms with Crippen LogP contribution in [0.25, 0.3) is 23.0 Å². The summed E-state index contributed by atoms with van der Waals surface area (Å²) in [5, 5.41) is 8.30. The molecule has 0 unspecified atom stereocenters. The highest BCUT2D eigenvalue weighted by Crippen LogP contribution is 2.26. The molecule has 1 aliphatic rings. The van der Waals surface area contributed by atoms with Crippen molar-refractivity contribution in [3.05, 3.63) is 42.2 Å². The zero-order valence-electron chi connectivity index (χ0n) is 17.5. The lowest BCUT2D eigenvalue weighted by molar-refractivity contribution is 0.0705. The molecule has 0 N–H and O–H groups in total. The van der Waals surface area contributed by atoms with Gasteiger partial charge in [-0.25, -0.2) is 9.78 Å². The summed E-state index contributed by atoms with van der Waals surface area (Å²) < 4.78 is 15.9. The van der Waals surface area contributed by atoms with Crippen molar-refractivity contribution in [1.82, 2.24) is 25.1 Å². The van der Waals surface area contributed by atoms with Crippen LogP contribution in [0.5, 0.6) is 0 Å². The van der Waals surface area contributed by atoms with E-state index in [0.717, 1.165) is 5.56 Å². The van der Waals surface area contributed by atoms with Gasteiger partial charge in [-0.2, -0.15) is 0 Å². The third-order valence-electron chi connectivity index (χ3n) is 4.97. The van der Waals surface area contributed by atoms with Gasteiger partial charge in [0.25, 0.3) is 5.89 Å². The van der Waals surface area contributed by atoms with Crippen molar-refractivity contribution in [3.8, 4) is 23.0 Å². The fourth-order valence-corrected chi connectivity index (χ4v) is 3.23. The number of hydrogen-bond donors (Lipinski definition) is 0. The molecule has 0 bridgehead atoms. The van der Waals surface area contributed by atoms with E-state index in [1.807, 2.05) is 37.3 Å². The molecule has 0 saturated carbocycles. The Morgan fingerprint density at radius 1 is 1.10 bits per heavy atom. The van der Waals surface area contributed by atoms with Crippen LogP contribution in [0.3, 0.4) is 0 Å². The topological polar surface area (TPSA) is 107 Å². The third-order valence-corrected chi connectivity index (χ3v) is 4.97. The molecule has 1 aliphatic heterocycles. The molecule has 10 nitrogen and oxygen atoms in total. The van der Waals surface area contributed by atoms with E-state index in [4.69, 9.17) is 18.9 Å². The van der Waals surface area contributed by atoms with E-state index in [2.05, 4.69) is 20.1 Å². The van der Waals surface area contributed by atoms with Crippen LogP contribution in [0.15, 0.2) is 40.9 Å². The highest BCUT2D eigenvalue weighted by atomic mass is 16.6. The summed E-state index contributed by atoms with van der Waals surface area (Å²) in [5.74, 6) is 1.46. The lowest BCUT2D eigenvalue weighted by Gasteiger charge is -2.34. The zero-order chi connectivity index (χ0) is 21.6. The number of ether oxygens (including phenoxy) is 2. The number of piperazine rings is 1. The van der Waals surface area contributed by atoms with Gasteiger partial charge in [-0.1, -0.05) is 18.2 Å². The van der Waals surface area contributed by atoms with E-state index in [-0.39, 0.29) is 14.1 Å². The van der Waals surface area contributed by atoms with Gasteiger partial charge < -0.3 is 23.7 Å². The Labute approximate surface area is 181 Å². The molecule has 164 valence electrons. The van der Waals surface area contributed by atoms with Gasteiger partial charge in [0, 0.05) is 40.3 Å². The first-order valence-electron chi connectivity index (χ1n) is 10.0. The lowest BCUT2D eigenvalue weighted by atomic mass is 10.2. The molecule has 0 atom stereocenters. The van der Waals surface area contributed by atoms with Gasteiger partial charge >= 0.3 is 6.09 Å². The number of aromatic nitrogens is 4. The number of methoxy groups -OCH3 is 1. The largest absolute Gasteiger partial charge is 0.447 e. The van der Waals surface area contributed by atoms with Crippen LogP contribution in [0.2, 0.25) is 0 Å². The van der Waals surface area contributed by atoms with Gasteiger partial charge in [-0.3, -0.25) is 4.98 Å². The van der Waals surface area contributed by atoms with E-state index in [1.165, 1.54) is 0 Å². The maximum atomic E-state index is 12.1. The Kier molecular flexibility index (Phi) is 6.37. The molecule has 10 heteroatoms. The highest BCUT2D eigenvalue weighted by Gasteiger charge is 2.24. The second kappa shape index (κ2) is 9.52. The minimum Gasteiger partial charge on any atom is -0.447 e. The molecule has 0 aliphatic carbocycles. The lowest BCUT2D eigenvalue weighted by Crippen LogP contribution is -2.49. The van der Waals surface area contributed by atoms with E-state index < -0.39 is 0 Å². The van der Waals surface area contributed by atoms with Gasteiger partial charge in [0.05, 0.1) is 18.5 Å². The quantitative estimate of drug-likeness (QED) is 0.550. The molecular weight excluding hydrogens is 400 g/mol. The molecule has 1 fully saturated rings. The normalized spacial score (nSPS) is 14.0. The van der Waals surface area contributed by atoms with Crippen molar-refractivity contribution in [2.75, 3.05) is 51.4 Å². The van der Waals surface area contributed by atoms with Crippen LogP contribution in [0, 0.1) is 6.92 Å². The first-order chi connectivity index (χ1) is 15.2. The molecule has 4 rings (SSSR count). The predicted molar refractivity (Wildman–Crippen MR) is 115 cm³/mol. The number of hydrogen-bond acceptors (Lipinski definition) is 9. The van der Waals surface area contributed by atoms with Crippen molar-refractivity contribution >= 4 is 11.9 Å². The van der Waals surface area contributed by atoms with Crippen molar-refractivity contribution in [3.63, 3.8) is 0 Å². The summed E-state index contributed by atoms with van der Waals surface area (Å²) in [6, 6.07) is 9.58. The van der Waals surface area contributed by atoms with Crippen LogP contribution < -0.4 is 4.90 Å². The minimum absolute atomic E-state index is 0. The van der Waals surface area contributed by atoms with Crippen LogP contribution in [0.4, 0.5) is 10.6 Å². The number of nitrogens with zero attached hydrogens (tertiary/aromatic N) is 6. The molecule has 3 aromatic rings. The van der Waals surface area contributed by atoms with Crippen molar-refractivity contribution < 1.29 is 20.1 Å². The number of anilines is 1. The van der Waals surface area contributed by atoms with Gasteiger partial charge in [0.1, 0.15) is 12.4 Å². The smallest absolute Gasteiger partial charge is 0.409 e. The maximum Gasteiger partial charge on any atom is 0.409 e. The number of carbonyl (C=O) groups is 1. The zero-order valence-corrected chi connectivity index (χ0v) is 17.5. The first kappa shape index (κ1) is 20.7. The van der Waals surface area contributed by atoms with E-state index in [0.29, 0.717) is 61.8 Å². The van der Waals surface area contributed by atoms with Gasteiger partial charge in [0.2, 0.25) is 5.89 Å². The number of benzene rings is 1. The summed E-state index contributed by atoms with van der Waals surface area (Å²) in [6.07, 6.45) is 1.39. The summed E-state index contributed by atoms with van der Waals surface area (Å²) in [4.78, 5) is 25.0. The Morgan fingerprint density at radius 3 is 2.58 bits per heavy atom. The van der Waals surface area contributed by atoms with E-state index in [9.17, 15) is 4.79 Å². The average Bonchev–Trinajstić information content (AvgIpc) is 3.30. The molecule has 0 spiro atoms. The first-order valence-corrected chi connectivity index (χ1v) is 10.0. The van der Waals surface area contributed by atoms with Crippen molar-refractivity contribution in [1.29, 1.82) is 0 Å². The van der Waals surface area contributed by atoms with Crippen LogP contribution >= 0.6 is 0 Å². The maximum absolute atomic E-state index is 12.1. The molecule has 31 heavy (non-hydrogen) atoms. The number of aryl methyl sites for hydroxylation is 1. The van der Waals surface area contributed by atoms with Crippen LogP contribution in [-0.4, -0.2) is 77.7 Å². The average molecular weight is 426 g/mol. The summed E-state index contributed by atoms with van der Waals surface area (Å²) >= 11 is 0. The fourth-order valence-electron chi connectivity index (χ4n) is 3.23. The highest BCUT2D eigenvalue weighted by molar-refractivity contribution is 5.68. The van der Waals surface area contributed by atoms with Gasteiger partial charge in [-0.15, -0.1) is 10.2 Å². The molecular formula is C21H26N6O4. The Hall–Kier alpha value is -3.53. The van der Waals surface area contributed by atoms with Crippen LogP contribution in [0.1, 0.15) is 7.12 Å². The second-order valence-electron chi connectivity index (χ2n) is 7.02. The fraction of sp³-hybridized carbons (Fsp3) is 0.381. The van der Waals surface area contributed by atoms with Crippen molar-refractivity contribution in [2.24, 2.45) is 0 Å². The van der Waals surface area contributed by atoms with E-state index >= 15 is 0 Å². The second-order valence-corrected chi connectivity index (χ2v) is 7.02. The van der Waals surface area contributed by atoms with E-state index in [1.54, 1.807) is 18.2 Å². The van der Waals surface area contributed by atoms with Gasteiger partial charge in [-0.05, 0) is 19.1 Å². The molecule has 1 aromatic carbocycles. The molecule has 2 aromatic heterocycles. The molecule has 1 saturated heterocycles. The predicted octanol–water partition coefficient (Wildman–Crippen LogP) is 2.65. The third kappa shape index (κ3) is 4.80. The molecule has 1 amide bonds. The SMILES string of the molecule is COCCOC(=O)N1CCN(c2cnc(C)c(-c3nnc(-c4ccccc4)o3)n2)CC1.[HH]. The Balaban J connectivity index is 0.00000289. The number of rotatable bonds is 6. The van der Waals surface area contributed by atoms with Crippen LogP contribution in [-0.2, 0) is 9.47 Å². The number of amides is 1. The Morgan fingerprint density at radius 2 is 1.84 bits per heavy atom. The molecule has 3 heterocycles. The minimum atomic E-state index is -0.327. The summed E-state index contributed by atoms with van der Waals surface area (Å²) in [6.45, 7) is 4.80. The standard InChI is InChI=1S/C21H24N6O4.H2/c1-15-18(20-25-24-19(31-20)16-6-4-3-5-7-16)23-17(14-22-15)26-8-10-27(11-9-26)21(28)30-13-12-29-2;/h3-7,14H,8-13H2,1-2H3;1H. The number of carbonyl (C=O) groups excluding carboxylic acids is 1. The summed E-state index contributed by atoms with van der Waals surface area (Å²) in [7, 11) is 1.57. The summed E-state index contributed by atoms with van der Waals surface area (Å²) in [5.41, 5.74) is 2.09. The Bertz CT molecular complexity index is 1020.